The van der Waals surface area contributed by atoms with Crippen LogP contribution in [-0.2, 0) is 4.79 Å². The van der Waals surface area contributed by atoms with E-state index in [1.165, 1.54) is 12.1 Å². The summed E-state index contributed by atoms with van der Waals surface area (Å²) in [5.74, 6) is 0.890. The summed E-state index contributed by atoms with van der Waals surface area (Å²) in [4.78, 5) is 19.1. The molecule has 0 saturated carbocycles. The number of halogens is 1. The van der Waals surface area contributed by atoms with Gasteiger partial charge in [0, 0.05) is 30.4 Å². The number of para-hydroxylation sites is 1. The van der Waals surface area contributed by atoms with Crippen molar-refractivity contribution in [3.8, 4) is 11.3 Å². The molecule has 2 N–H and O–H groups in total. The summed E-state index contributed by atoms with van der Waals surface area (Å²) < 4.78 is 19.6. The molecule has 2 atom stereocenters. The van der Waals surface area contributed by atoms with E-state index in [-0.39, 0.29) is 30.2 Å². The summed E-state index contributed by atoms with van der Waals surface area (Å²) in [7, 11) is 0. The third kappa shape index (κ3) is 5.07. The molecule has 3 heterocycles. The van der Waals surface area contributed by atoms with E-state index in [1.807, 2.05) is 65.6 Å². The molecule has 0 aliphatic carbocycles. The average molecular weight is 487 g/mol. The number of hydrogen-bond donors (Lipinski definition) is 2. The third-order valence-corrected chi connectivity index (χ3v) is 6.23. The highest BCUT2D eigenvalue weighted by molar-refractivity contribution is 7.80. The van der Waals surface area contributed by atoms with Gasteiger partial charge in [-0.05, 0) is 72.9 Å². The minimum atomic E-state index is -0.309. The number of carbonyl (C=O) groups is 1. The molecule has 1 saturated heterocycles. The molecular weight excluding hydrogens is 463 g/mol. The Morgan fingerprint density at radius 3 is 2.54 bits per heavy atom. The number of benzene rings is 2. The zero-order valence-corrected chi connectivity index (χ0v) is 19.5. The molecule has 2 aromatic carbocycles. The van der Waals surface area contributed by atoms with Crippen LogP contribution in [0.2, 0.25) is 0 Å². The fraction of sp³-hybridized carbons (Fsp3) is 0.148. The molecule has 2 aromatic heterocycles. The average Bonchev–Trinajstić information content (AvgIpc) is 3.49. The summed E-state index contributed by atoms with van der Waals surface area (Å²) in [6.45, 7) is 0.394. The number of aromatic nitrogens is 1. The highest BCUT2D eigenvalue weighted by atomic mass is 32.1. The van der Waals surface area contributed by atoms with Crippen LogP contribution in [0.3, 0.4) is 0 Å². The van der Waals surface area contributed by atoms with Gasteiger partial charge in [-0.15, -0.1) is 0 Å². The van der Waals surface area contributed by atoms with Crippen molar-refractivity contribution in [2.24, 2.45) is 0 Å². The predicted molar refractivity (Wildman–Crippen MR) is 136 cm³/mol. The number of carbonyl (C=O) groups excluding carboxylic acids is 1. The van der Waals surface area contributed by atoms with Crippen LogP contribution >= 0.6 is 12.2 Å². The van der Waals surface area contributed by atoms with Crippen LogP contribution in [0.1, 0.15) is 30.0 Å². The largest absolute Gasteiger partial charge is 0.459 e. The smallest absolute Gasteiger partial charge is 0.226 e. The number of amides is 1. The van der Waals surface area contributed by atoms with E-state index in [4.69, 9.17) is 16.6 Å². The van der Waals surface area contributed by atoms with E-state index < -0.39 is 0 Å². The minimum absolute atomic E-state index is 0.106. The number of anilines is 1. The Bertz CT molecular complexity index is 1310. The normalized spacial score (nSPS) is 17.3. The molecule has 0 radical (unpaired) electrons. The zero-order valence-electron chi connectivity index (χ0n) is 18.7. The van der Waals surface area contributed by atoms with Gasteiger partial charge in [-0.3, -0.25) is 9.78 Å². The lowest BCUT2D eigenvalue weighted by atomic mass is 10.0. The summed E-state index contributed by atoms with van der Waals surface area (Å²) >= 11 is 5.66. The van der Waals surface area contributed by atoms with E-state index in [2.05, 4.69) is 15.6 Å². The maximum absolute atomic E-state index is 13.4. The fourth-order valence-corrected chi connectivity index (χ4v) is 4.54. The summed E-state index contributed by atoms with van der Waals surface area (Å²) in [6, 6.07) is 24.4. The van der Waals surface area contributed by atoms with Gasteiger partial charge in [0.05, 0.1) is 11.7 Å². The van der Waals surface area contributed by atoms with Crippen molar-refractivity contribution < 1.29 is 13.6 Å². The lowest BCUT2D eigenvalue weighted by molar-refractivity contribution is -0.116. The fourth-order valence-electron chi connectivity index (χ4n) is 4.20. The molecule has 2 unspecified atom stereocenters. The summed E-state index contributed by atoms with van der Waals surface area (Å²) in [5, 5.41) is 6.79. The van der Waals surface area contributed by atoms with Crippen LogP contribution in [0.5, 0.6) is 0 Å². The first-order valence-electron chi connectivity index (χ1n) is 11.3. The summed E-state index contributed by atoms with van der Waals surface area (Å²) in [6.07, 6.45) is 1.98. The van der Waals surface area contributed by atoms with Gasteiger partial charge < -0.3 is 20.0 Å². The molecule has 6 nitrogen and oxygen atoms in total. The molecule has 8 heteroatoms. The van der Waals surface area contributed by atoms with Crippen molar-refractivity contribution in [3.05, 3.63) is 108 Å². The number of pyridine rings is 1. The first-order chi connectivity index (χ1) is 17.1. The number of thiocarbonyl (C=S) groups is 1. The van der Waals surface area contributed by atoms with Gasteiger partial charge in [0.15, 0.2) is 5.11 Å². The van der Waals surface area contributed by atoms with Crippen molar-refractivity contribution in [3.63, 3.8) is 0 Å². The first kappa shape index (κ1) is 22.7. The minimum Gasteiger partial charge on any atom is -0.459 e. The van der Waals surface area contributed by atoms with E-state index in [1.54, 1.807) is 18.3 Å². The third-order valence-electron chi connectivity index (χ3n) is 5.88. The Labute approximate surface area is 207 Å². The van der Waals surface area contributed by atoms with E-state index in [9.17, 15) is 9.18 Å². The molecule has 0 bridgehead atoms. The molecule has 5 rings (SSSR count). The second-order valence-corrected chi connectivity index (χ2v) is 8.58. The van der Waals surface area contributed by atoms with Crippen LogP contribution in [0, 0.1) is 5.82 Å². The standard InChI is InChI=1S/C27H23FN4O2S/c28-19-11-9-18(10-12-19)22-13-14-23(34-22)26-25(21-8-4-5-16-29-21)31-27(35)32(26)17-15-24(33)30-20-6-2-1-3-7-20/h1-14,16,25-26H,15,17H2,(H,30,33)(H,31,35). The molecule has 1 aliphatic rings. The molecule has 176 valence electrons. The molecule has 1 aliphatic heterocycles. The number of rotatable bonds is 7. The van der Waals surface area contributed by atoms with Crippen molar-refractivity contribution >= 4 is 28.9 Å². The van der Waals surface area contributed by atoms with Crippen molar-refractivity contribution in [2.45, 2.75) is 18.5 Å². The number of hydrogen-bond acceptors (Lipinski definition) is 4. The van der Waals surface area contributed by atoms with Gasteiger partial charge >= 0.3 is 0 Å². The lowest BCUT2D eigenvalue weighted by Gasteiger charge is -2.25. The van der Waals surface area contributed by atoms with Crippen LogP contribution in [0.25, 0.3) is 11.3 Å². The van der Waals surface area contributed by atoms with Crippen molar-refractivity contribution in [1.29, 1.82) is 0 Å². The Hall–Kier alpha value is -4.04. The highest BCUT2D eigenvalue weighted by Crippen LogP contribution is 2.40. The monoisotopic (exact) mass is 486 g/mol. The molecule has 35 heavy (non-hydrogen) atoms. The summed E-state index contributed by atoms with van der Waals surface area (Å²) in [5.41, 5.74) is 2.34. The van der Waals surface area contributed by atoms with Gasteiger partial charge in [0.25, 0.3) is 0 Å². The molecule has 0 spiro atoms. The van der Waals surface area contributed by atoms with Gasteiger partial charge in [0.2, 0.25) is 5.91 Å². The van der Waals surface area contributed by atoms with Gasteiger partial charge in [-0.2, -0.15) is 0 Å². The Balaban J connectivity index is 1.40. The SMILES string of the molecule is O=C(CCN1C(=S)NC(c2ccccn2)C1c1ccc(-c2ccc(F)cc2)o1)Nc1ccccc1. The Morgan fingerprint density at radius 2 is 1.80 bits per heavy atom. The Kier molecular flexibility index (Phi) is 6.54. The lowest BCUT2D eigenvalue weighted by Crippen LogP contribution is -2.32. The van der Waals surface area contributed by atoms with Crippen LogP contribution in [-0.4, -0.2) is 27.4 Å². The first-order valence-corrected chi connectivity index (χ1v) is 11.7. The zero-order chi connectivity index (χ0) is 24.2. The van der Waals surface area contributed by atoms with E-state index in [0.29, 0.717) is 23.2 Å². The molecular formula is C27H23FN4O2S. The second kappa shape index (κ2) is 10.1. The number of nitrogens with zero attached hydrogens (tertiary/aromatic N) is 2. The predicted octanol–water partition coefficient (Wildman–Crippen LogP) is 5.48. The van der Waals surface area contributed by atoms with E-state index in [0.717, 1.165) is 16.9 Å². The maximum atomic E-state index is 13.4. The number of nitrogens with one attached hydrogen (secondary N) is 2. The molecule has 4 aromatic rings. The number of furan rings is 1. The van der Waals surface area contributed by atoms with Crippen molar-refractivity contribution in [1.82, 2.24) is 15.2 Å². The Morgan fingerprint density at radius 1 is 1.03 bits per heavy atom. The maximum Gasteiger partial charge on any atom is 0.226 e. The van der Waals surface area contributed by atoms with Crippen LogP contribution < -0.4 is 10.6 Å². The highest BCUT2D eigenvalue weighted by Gasteiger charge is 2.41. The van der Waals surface area contributed by atoms with Crippen LogP contribution in [0.4, 0.5) is 10.1 Å². The molecule has 1 amide bonds. The van der Waals surface area contributed by atoms with E-state index >= 15 is 0 Å². The van der Waals surface area contributed by atoms with Gasteiger partial charge in [-0.25, -0.2) is 4.39 Å². The quantitative estimate of drug-likeness (QED) is 0.337. The van der Waals surface area contributed by atoms with Crippen molar-refractivity contribution in [2.75, 3.05) is 11.9 Å². The topological polar surface area (TPSA) is 70.4 Å². The molecule has 1 fully saturated rings. The van der Waals surface area contributed by atoms with Gasteiger partial charge in [0.1, 0.15) is 23.4 Å². The second-order valence-electron chi connectivity index (χ2n) is 8.19. The van der Waals surface area contributed by atoms with Crippen LogP contribution in [0.15, 0.2) is 95.5 Å². The van der Waals surface area contributed by atoms with Gasteiger partial charge in [-0.1, -0.05) is 24.3 Å².